The SMILES string of the molecule is COc1ccc([C@@H](N)CN2CCN(C)CC2)cc1. The second-order valence-corrected chi connectivity index (χ2v) is 4.98. The lowest BCUT2D eigenvalue weighted by Crippen LogP contribution is -2.46. The van der Waals surface area contributed by atoms with E-state index in [0.29, 0.717) is 0 Å². The van der Waals surface area contributed by atoms with Gasteiger partial charge in [0.05, 0.1) is 7.11 Å². The van der Waals surface area contributed by atoms with Gasteiger partial charge >= 0.3 is 0 Å². The highest BCUT2D eigenvalue weighted by Gasteiger charge is 2.17. The fraction of sp³-hybridized carbons (Fsp3) is 0.571. The van der Waals surface area contributed by atoms with Crippen LogP contribution in [0.4, 0.5) is 0 Å². The fourth-order valence-corrected chi connectivity index (χ4v) is 2.27. The standard InChI is InChI=1S/C14H23N3O/c1-16-7-9-17(10-8-16)11-14(15)12-3-5-13(18-2)6-4-12/h3-6,14H,7-11,15H2,1-2H3/t14-/m0/s1. The van der Waals surface area contributed by atoms with E-state index in [-0.39, 0.29) is 6.04 Å². The molecule has 0 unspecified atom stereocenters. The van der Waals surface area contributed by atoms with Crippen LogP contribution in [0.1, 0.15) is 11.6 Å². The summed E-state index contributed by atoms with van der Waals surface area (Å²) in [5, 5.41) is 0. The van der Waals surface area contributed by atoms with Gasteiger partial charge < -0.3 is 15.4 Å². The van der Waals surface area contributed by atoms with Crippen LogP contribution in [0, 0.1) is 0 Å². The fourth-order valence-electron chi connectivity index (χ4n) is 2.27. The number of hydrogen-bond donors (Lipinski definition) is 1. The Morgan fingerprint density at radius 1 is 1.17 bits per heavy atom. The predicted octanol–water partition coefficient (Wildman–Crippen LogP) is 0.942. The van der Waals surface area contributed by atoms with Crippen molar-refractivity contribution in [3.63, 3.8) is 0 Å². The second-order valence-electron chi connectivity index (χ2n) is 4.98. The van der Waals surface area contributed by atoms with Crippen LogP contribution in [0.2, 0.25) is 0 Å². The molecule has 1 aromatic rings. The summed E-state index contributed by atoms with van der Waals surface area (Å²) in [4.78, 5) is 4.80. The third-order valence-electron chi connectivity index (χ3n) is 3.59. The molecule has 1 heterocycles. The third kappa shape index (κ3) is 3.45. The van der Waals surface area contributed by atoms with Crippen molar-refractivity contribution in [1.82, 2.24) is 9.80 Å². The highest BCUT2D eigenvalue weighted by atomic mass is 16.5. The molecular formula is C14H23N3O. The lowest BCUT2D eigenvalue weighted by molar-refractivity contribution is 0.147. The smallest absolute Gasteiger partial charge is 0.118 e. The van der Waals surface area contributed by atoms with Crippen molar-refractivity contribution in [2.75, 3.05) is 46.9 Å². The predicted molar refractivity (Wildman–Crippen MR) is 73.9 cm³/mol. The van der Waals surface area contributed by atoms with Gasteiger partial charge in [0.25, 0.3) is 0 Å². The van der Waals surface area contributed by atoms with Gasteiger partial charge in [0, 0.05) is 38.8 Å². The van der Waals surface area contributed by atoms with E-state index in [1.807, 2.05) is 12.1 Å². The van der Waals surface area contributed by atoms with Gasteiger partial charge in [-0.2, -0.15) is 0 Å². The summed E-state index contributed by atoms with van der Waals surface area (Å²) in [5.74, 6) is 0.880. The van der Waals surface area contributed by atoms with Crippen molar-refractivity contribution >= 4 is 0 Å². The van der Waals surface area contributed by atoms with Crippen LogP contribution >= 0.6 is 0 Å². The van der Waals surface area contributed by atoms with Crippen LogP contribution in [0.5, 0.6) is 5.75 Å². The quantitative estimate of drug-likeness (QED) is 0.862. The summed E-state index contributed by atoms with van der Waals surface area (Å²) in [7, 11) is 3.85. The molecule has 4 heteroatoms. The molecular weight excluding hydrogens is 226 g/mol. The second kappa shape index (κ2) is 6.18. The van der Waals surface area contributed by atoms with E-state index in [9.17, 15) is 0 Å². The van der Waals surface area contributed by atoms with E-state index >= 15 is 0 Å². The molecule has 2 N–H and O–H groups in total. The molecule has 0 aromatic heterocycles. The van der Waals surface area contributed by atoms with E-state index < -0.39 is 0 Å². The first kappa shape index (κ1) is 13.3. The molecule has 0 amide bonds. The van der Waals surface area contributed by atoms with Gasteiger partial charge in [-0.05, 0) is 24.7 Å². The van der Waals surface area contributed by atoms with Crippen LogP contribution in [-0.2, 0) is 0 Å². The zero-order valence-electron chi connectivity index (χ0n) is 11.3. The Bertz CT molecular complexity index is 358. The van der Waals surface area contributed by atoms with Gasteiger partial charge in [0.15, 0.2) is 0 Å². The van der Waals surface area contributed by atoms with Crippen molar-refractivity contribution < 1.29 is 4.74 Å². The summed E-state index contributed by atoms with van der Waals surface area (Å²) < 4.78 is 5.15. The molecule has 4 nitrogen and oxygen atoms in total. The third-order valence-corrected chi connectivity index (χ3v) is 3.59. The average molecular weight is 249 g/mol. The van der Waals surface area contributed by atoms with Crippen LogP contribution in [0.15, 0.2) is 24.3 Å². The van der Waals surface area contributed by atoms with Gasteiger partial charge in [-0.1, -0.05) is 12.1 Å². The molecule has 1 aromatic carbocycles. The Morgan fingerprint density at radius 3 is 2.33 bits per heavy atom. The maximum Gasteiger partial charge on any atom is 0.118 e. The summed E-state index contributed by atoms with van der Waals surface area (Å²) in [6.45, 7) is 5.42. The van der Waals surface area contributed by atoms with Crippen molar-refractivity contribution in [3.05, 3.63) is 29.8 Å². The number of benzene rings is 1. The Morgan fingerprint density at radius 2 is 1.78 bits per heavy atom. The van der Waals surface area contributed by atoms with Crippen molar-refractivity contribution in [2.24, 2.45) is 5.73 Å². The molecule has 18 heavy (non-hydrogen) atoms. The maximum atomic E-state index is 6.26. The van der Waals surface area contributed by atoms with Crippen LogP contribution in [0.3, 0.4) is 0 Å². The highest BCUT2D eigenvalue weighted by Crippen LogP contribution is 2.17. The Balaban J connectivity index is 1.88. The largest absolute Gasteiger partial charge is 0.497 e. The number of piperazine rings is 1. The molecule has 100 valence electrons. The lowest BCUT2D eigenvalue weighted by atomic mass is 10.1. The molecule has 1 atom stereocenters. The van der Waals surface area contributed by atoms with Gasteiger partial charge in [-0.3, -0.25) is 4.90 Å². The zero-order chi connectivity index (χ0) is 13.0. The first-order chi connectivity index (χ1) is 8.69. The minimum atomic E-state index is 0.0827. The minimum absolute atomic E-state index is 0.0827. The molecule has 0 saturated carbocycles. The summed E-state index contributed by atoms with van der Waals surface area (Å²) in [5.41, 5.74) is 7.43. The van der Waals surface area contributed by atoms with Crippen molar-refractivity contribution in [1.29, 1.82) is 0 Å². The number of hydrogen-bond acceptors (Lipinski definition) is 4. The Labute approximate surface area is 109 Å². The van der Waals surface area contributed by atoms with E-state index in [1.54, 1.807) is 7.11 Å². The maximum absolute atomic E-state index is 6.26. The highest BCUT2D eigenvalue weighted by molar-refractivity contribution is 5.29. The number of likely N-dealkylation sites (N-methyl/N-ethyl adjacent to an activating group) is 1. The molecule has 1 aliphatic heterocycles. The average Bonchev–Trinajstić information content (AvgIpc) is 2.41. The normalized spacial score (nSPS) is 19.7. The number of nitrogens with zero attached hydrogens (tertiary/aromatic N) is 2. The van der Waals surface area contributed by atoms with Crippen LogP contribution < -0.4 is 10.5 Å². The monoisotopic (exact) mass is 249 g/mol. The van der Waals surface area contributed by atoms with Gasteiger partial charge in [-0.15, -0.1) is 0 Å². The van der Waals surface area contributed by atoms with Crippen LogP contribution in [-0.4, -0.2) is 56.7 Å². The number of rotatable bonds is 4. The van der Waals surface area contributed by atoms with Crippen molar-refractivity contribution in [3.8, 4) is 5.75 Å². The topological polar surface area (TPSA) is 41.7 Å². The Kier molecular flexibility index (Phi) is 4.58. The summed E-state index contributed by atoms with van der Waals surface area (Å²) in [6.07, 6.45) is 0. The van der Waals surface area contributed by atoms with Crippen molar-refractivity contribution in [2.45, 2.75) is 6.04 Å². The molecule has 0 aliphatic carbocycles. The van der Waals surface area contributed by atoms with E-state index in [1.165, 1.54) is 5.56 Å². The summed E-state index contributed by atoms with van der Waals surface area (Å²) >= 11 is 0. The van der Waals surface area contributed by atoms with Gasteiger partial charge in [0.2, 0.25) is 0 Å². The molecule has 0 radical (unpaired) electrons. The molecule has 0 bridgehead atoms. The number of ether oxygens (including phenoxy) is 1. The van der Waals surface area contributed by atoms with E-state index in [2.05, 4.69) is 29.0 Å². The Hall–Kier alpha value is -1.10. The summed E-state index contributed by atoms with van der Waals surface area (Å²) in [6, 6.07) is 8.14. The van der Waals surface area contributed by atoms with E-state index in [0.717, 1.165) is 38.5 Å². The molecule has 1 aliphatic rings. The first-order valence-electron chi connectivity index (χ1n) is 6.49. The zero-order valence-corrected chi connectivity index (χ0v) is 11.3. The molecule has 1 fully saturated rings. The van der Waals surface area contributed by atoms with Gasteiger partial charge in [0.1, 0.15) is 5.75 Å². The van der Waals surface area contributed by atoms with Crippen LogP contribution in [0.25, 0.3) is 0 Å². The number of nitrogens with two attached hydrogens (primary N) is 1. The molecule has 2 rings (SSSR count). The van der Waals surface area contributed by atoms with E-state index in [4.69, 9.17) is 10.5 Å². The van der Waals surface area contributed by atoms with Gasteiger partial charge in [-0.25, -0.2) is 0 Å². The molecule has 1 saturated heterocycles. The minimum Gasteiger partial charge on any atom is -0.497 e. The molecule has 0 spiro atoms. The number of methoxy groups -OCH3 is 1. The first-order valence-corrected chi connectivity index (χ1v) is 6.49. The lowest BCUT2D eigenvalue weighted by Gasteiger charge is -2.33.